The van der Waals surface area contributed by atoms with E-state index in [1.807, 2.05) is 12.4 Å². The monoisotopic (exact) mass is 308 g/mol. The fourth-order valence-corrected chi connectivity index (χ4v) is 3.45. The molecule has 2 atom stereocenters. The van der Waals surface area contributed by atoms with E-state index < -0.39 is 12.2 Å². The molecule has 0 bridgehead atoms. The van der Waals surface area contributed by atoms with Gasteiger partial charge in [-0.15, -0.1) is 0 Å². The molecule has 2 rings (SSSR count). The molecule has 126 valence electrons. The molecule has 0 amide bonds. The van der Waals surface area contributed by atoms with Gasteiger partial charge < -0.3 is 10.2 Å². The van der Waals surface area contributed by atoms with Crippen molar-refractivity contribution in [3.8, 4) is 0 Å². The molecule has 0 spiro atoms. The van der Waals surface area contributed by atoms with E-state index in [-0.39, 0.29) is 13.1 Å². The maximum absolute atomic E-state index is 9.95. The number of aliphatic hydroxyl groups excluding tert-OH is 2. The van der Waals surface area contributed by atoms with Crippen LogP contribution in [0.15, 0.2) is 9.98 Å². The van der Waals surface area contributed by atoms with E-state index in [2.05, 4.69) is 9.98 Å². The van der Waals surface area contributed by atoms with Gasteiger partial charge in [-0.25, -0.2) is 0 Å². The molecule has 2 aliphatic rings. The summed E-state index contributed by atoms with van der Waals surface area (Å²) in [6, 6.07) is 0. The average molecular weight is 308 g/mol. The summed E-state index contributed by atoms with van der Waals surface area (Å²) in [5, 5.41) is 19.9. The zero-order valence-electron chi connectivity index (χ0n) is 13.7. The summed E-state index contributed by atoms with van der Waals surface area (Å²) in [6.07, 6.45) is 15.1. The van der Waals surface area contributed by atoms with Crippen LogP contribution in [0.25, 0.3) is 0 Å². The van der Waals surface area contributed by atoms with E-state index >= 15 is 0 Å². The van der Waals surface area contributed by atoms with Crippen LogP contribution in [0.1, 0.15) is 64.2 Å². The summed E-state index contributed by atoms with van der Waals surface area (Å²) in [6.45, 7) is 0.577. The van der Waals surface area contributed by atoms with Crippen LogP contribution in [0.4, 0.5) is 0 Å². The molecule has 2 aliphatic carbocycles. The van der Waals surface area contributed by atoms with Gasteiger partial charge in [0.25, 0.3) is 0 Å². The van der Waals surface area contributed by atoms with Gasteiger partial charge in [-0.1, -0.05) is 38.5 Å². The van der Waals surface area contributed by atoms with Crippen LogP contribution in [0.3, 0.4) is 0 Å². The van der Waals surface area contributed by atoms with Crippen molar-refractivity contribution in [2.24, 2.45) is 21.8 Å². The maximum Gasteiger partial charge on any atom is 0.101 e. The van der Waals surface area contributed by atoms with Gasteiger partial charge in [-0.05, 0) is 37.5 Å². The molecule has 0 saturated heterocycles. The van der Waals surface area contributed by atoms with Gasteiger partial charge in [0.05, 0.1) is 13.1 Å². The Balaban J connectivity index is 1.62. The Hall–Kier alpha value is -0.740. The Morgan fingerprint density at radius 2 is 1.05 bits per heavy atom. The number of aliphatic hydroxyl groups is 2. The Morgan fingerprint density at radius 3 is 1.41 bits per heavy atom. The second-order valence-electron chi connectivity index (χ2n) is 6.96. The number of rotatable bonds is 7. The molecule has 0 radical (unpaired) electrons. The van der Waals surface area contributed by atoms with E-state index in [1.54, 1.807) is 0 Å². The number of nitrogens with zero attached hydrogens (tertiary/aromatic N) is 2. The molecule has 22 heavy (non-hydrogen) atoms. The predicted octanol–water partition coefficient (Wildman–Crippen LogP) is 3.01. The fraction of sp³-hybridized carbons (Fsp3) is 0.889. The molecule has 0 aromatic carbocycles. The van der Waals surface area contributed by atoms with Gasteiger partial charge in [0.1, 0.15) is 12.2 Å². The van der Waals surface area contributed by atoms with E-state index in [1.165, 1.54) is 64.2 Å². The Labute approximate surface area is 134 Å². The zero-order valence-corrected chi connectivity index (χ0v) is 13.7. The van der Waals surface area contributed by atoms with Crippen molar-refractivity contribution in [3.05, 3.63) is 0 Å². The molecule has 0 aliphatic heterocycles. The van der Waals surface area contributed by atoms with Gasteiger partial charge in [0.2, 0.25) is 0 Å². The summed E-state index contributed by atoms with van der Waals surface area (Å²) in [4.78, 5) is 8.65. The van der Waals surface area contributed by atoms with Crippen molar-refractivity contribution < 1.29 is 10.2 Å². The highest BCUT2D eigenvalue weighted by Crippen LogP contribution is 2.22. The molecule has 0 unspecified atom stereocenters. The lowest BCUT2D eigenvalue weighted by atomic mass is 9.90. The van der Waals surface area contributed by atoms with Crippen LogP contribution in [-0.4, -0.2) is 47.9 Å². The minimum atomic E-state index is -0.802. The van der Waals surface area contributed by atoms with Gasteiger partial charge in [-0.2, -0.15) is 0 Å². The number of hydrogen-bond acceptors (Lipinski definition) is 4. The molecule has 0 heterocycles. The third-order valence-corrected chi connectivity index (χ3v) is 4.96. The van der Waals surface area contributed by atoms with Crippen molar-refractivity contribution in [2.45, 2.75) is 76.4 Å². The summed E-state index contributed by atoms with van der Waals surface area (Å²) >= 11 is 0. The topological polar surface area (TPSA) is 65.2 Å². The summed E-state index contributed by atoms with van der Waals surface area (Å²) in [5.41, 5.74) is 0. The smallest absolute Gasteiger partial charge is 0.101 e. The minimum absolute atomic E-state index is 0.288. The summed E-state index contributed by atoms with van der Waals surface area (Å²) in [7, 11) is 0. The quantitative estimate of drug-likeness (QED) is 0.710. The molecule has 2 N–H and O–H groups in total. The van der Waals surface area contributed by atoms with Crippen molar-refractivity contribution in [2.75, 3.05) is 13.1 Å². The normalized spacial score (nSPS) is 25.0. The minimum Gasteiger partial charge on any atom is -0.388 e. The second kappa shape index (κ2) is 10.1. The average Bonchev–Trinajstić information content (AvgIpc) is 2.56. The predicted molar refractivity (Wildman–Crippen MR) is 91.9 cm³/mol. The second-order valence-corrected chi connectivity index (χ2v) is 6.96. The molecule has 2 fully saturated rings. The zero-order chi connectivity index (χ0) is 15.6. The standard InChI is InChI=1S/C18H32N2O2/c21-17(13-19-11-15-7-3-1-4-8-15)18(22)14-20-12-16-9-5-2-6-10-16/h11-12,15-18,21-22H,1-10,13-14H2/t17-,18+. The Bertz CT molecular complexity index is 311. The van der Waals surface area contributed by atoms with Crippen molar-refractivity contribution >= 4 is 12.4 Å². The first-order valence-electron chi connectivity index (χ1n) is 9.11. The number of aliphatic imine (C=N–C) groups is 2. The Kier molecular flexibility index (Phi) is 8.10. The highest BCUT2D eigenvalue weighted by atomic mass is 16.3. The van der Waals surface area contributed by atoms with Crippen LogP contribution >= 0.6 is 0 Å². The van der Waals surface area contributed by atoms with Crippen LogP contribution in [0, 0.1) is 11.8 Å². The summed E-state index contributed by atoms with van der Waals surface area (Å²) < 4.78 is 0. The lowest BCUT2D eigenvalue weighted by molar-refractivity contribution is 0.0319. The molecule has 0 aromatic heterocycles. The van der Waals surface area contributed by atoms with Gasteiger partial charge in [0.15, 0.2) is 0 Å². The first-order valence-corrected chi connectivity index (χ1v) is 9.11. The molecular formula is C18H32N2O2. The number of hydrogen-bond donors (Lipinski definition) is 2. The van der Waals surface area contributed by atoms with E-state index in [0.717, 1.165) is 0 Å². The first kappa shape index (κ1) is 17.6. The van der Waals surface area contributed by atoms with Crippen LogP contribution in [0.2, 0.25) is 0 Å². The third-order valence-electron chi connectivity index (χ3n) is 4.96. The Morgan fingerprint density at radius 1 is 0.682 bits per heavy atom. The van der Waals surface area contributed by atoms with Crippen molar-refractivity contribution in [3.63, 3.8) is 0 Å². The first-order chi connectivity index (χ1) is 10.8. The van der Waals surface area contributed by atoms with E-state index in [9.17, 15) is 10.2 Å². The van der Waals surface area contributed by atoms with Crippen LogP contribution in [-0.2, 0) is 0 Å². The third kappa shape index (κ3) is 6.57. The van der Waals surface area contributed by atoms with E-state index in [4.69, 9.17) is 0 Å². The van der Waals surface area contributed by atoms with Crippen LogP contribution in [0.5, 0.6) is 0 Å². The van der Waals surface area contributed by atoms with Gasteiger partial charge in [-0.3, -0.25) is 9.98 Å². The maximum atomic E-state index is 9.95. The molecule has 0 aromatic rings. The SMILES string of the molecule is O[C@H](CN=CC1CCCCC1)[C@@H](O)CN=CC1CCCCC1. The van der Waals surface area contributed by atoms with Gasteiger partial charge >= 0.3 is 0 Å². The largest absolute Gasteiger partial charge is 0.388 e. The highest BCUT2D eigenvalue weighted by molar-refractivity contribution is 5.61. The lowest BCUT2D eigenvalue weighted by Crippen LogP contribution is -2.31. The van der Waals surface area contributed by atoms with E-state index in [0.29, 0.717) is 11.8 Å². The van der Waals surface area contributed by atoms with Crippen molar-refractivity contribution in [1.82, 2.24) is 0 Å². The van der Waals surface area contributed by atoms with Crippen molar-refractivity contribution in [1.29, 1.82) is 0 Å². The molecular weight excluding hydrogens is 276 g/mol. The summed E-state index contributed by atoms with van der Waals surface area (Å²) in [5.74, 6) is 1.14. The van der Waals surface area contributed by atoms with Gasteiger partial charge in [0, 0.05) is 12.4 Å². The lowest BCUT2D eigenvalue weighted by Gasteiger charge is -2.19. The highest BCUT2D eigenvalue weighted by Gasteiger charge is 2.16. The molecule has 4 heteroatoms. The molecule has 4 nitrogen and oxygen atoms in total. The van der Waals surface area contributed by atoms with Crippen LogP contribution < -0.4 is 0 Å². The molecule has 2 saturated carbocycles. The fourth-order valence-electron chi connectivity index (χ4n) is 3.45.